The molecule has 58 valence electrons. The van der Waals surface area contributed by atoms with Crippen molar-refractivity contribution in [1.82, 2.24) is 0 Å². The van der Waals surface area contributed by atoms with Crippen molar-refractivity contribution < 1.29 is 9.66 Å². The molecule has 4 heteroatoms. The van der Waals surface area contributed by atoms with Gasteiger partial charge in [-0.15, -0.1) is 0 Å². The van der Waals surface area contributed by atoms with Gasteiger partial charge in [0.15, 0.2) is 0 Å². The highest BCUT2D eigenvalue weighted by molar-refractivity contribution is 4.82. The Morgan fingerprint density at radius 1 is 1.80 bits per heavy atom. The van der Waals surface area contributed by atoms with E-state index >= 15 is 0 Å². The lowest BCUT2D eigenvalue weighted by Gasteiger charge is -2.03. The van der Waals surface area contributed by atoms with Crippen LogP contribution in [0.1, 0.15) is 13.3 Å². The zero-order valence-corrected chi connectivity index (χ0v) is 6.11. The van der Waals surface area contributed by atoms with Gasteiger partial charge in [0.2, 0.25) is 6.20 Å². The lowest BCUT2D eigenvalue weighted by molar-refractivity contribution is -0.403. The molecule has 0 fully saturated rings. The van der Waals surface area contributed by atoms with Crippen molar-refractivity contribution in [2.75, 3.05) is 7.11 Å². The molecule has 1 atom stereocenters. The van der Waals surface area contributed by atoms with Crippen molar-refractivity contribution in [3.05, 3.63) is 22.4 Å². The van der Waals surface area contributed by atoms with E-state index in [-0.39, 0.29) is 6.10 Å². The molecule has 0 aromatic carbocycles. The highest BCUT2D eigenvalue weighted by Crippen LogP contribution is 1.96. The number of ether oxygens (including phenoxy) is 1. The van der Waals surface area contributed by atoms with E-state index in [9.17, 15) is 10.1 Å². The molecule has 4 nitrogen and oxygen atoms in total. The van der Waals surface area contributed by atoms with E-state index in [2.05, 4.69) is 0 Å². The molecule has 0 heterocycles. The van der Waals surface area contributed by atoms with Crippen LogP contribution < -0.4 is 0 Å². The van der Waals surface area contributed by atoms with Crippen LogP contribution in [-0.4, -0.2) is 18.1 Å². The summed E-state index contributed by atoms with van der Waals surface area (Å²) in [7, 11) is 1.53. The van der Waals surface area contributed by atoms with Crippen LogP contribution in [0, 0.1) is 10.1 Å². The predicted molar refractivity (Wildman–Crippen MR) is 37.2 cm³/mol. The standard InChI is InChI=1S/C6H11NO3/c1-3-6(10-2)4-5-7(8)9/h4-6H,3H2,1-2H3/b5-4+. The fraction of sp³-hybridized carbons (Fsp3) is 0.667. The van der Waals surface area contributed by atoms with Gasteiger partial charge < -0.3 is 4.74 Å². The molecule has 0 saturated heterocycles. The minimum Gasteiger partial charge on any atom is -0.377 e. The first-order valence-corrected chi connectivity index (χ1v) is 3.05. The molecule has 0 aliphatic heterocycles. The Morgan fingerprint density at radius 3 is 2.70 bits per heavy atom. The van der Waals surface area contributed by atoms with Gasteiger partial charge in [-0.1, -0.05) is 6.92 Å². The SMILES string of the molecule is CCC(/C=C/[N+](=O)[O-])OC. The topological polar surface area (TPSA) is 52.4 Å². The lowest BCUT2D eigenvalue weighted by atomic mass is 10.3. The first kappa shape index (κ1) is 9.10. The Hall–Kier alpha value is -0.900. The molecule has 0 rings (SSSR count). The molecule has 0 radical (unpaired) electrons. The molecule has 0 spiro atoms. The second kappa shape index (κ2) is 4.93. The van der Waals surface area contributed by atoms with E-state index < -0.39 is 4.92 Å². The summed E-state index contributed by atoms with van der Waals surface area (Å²) in [6, 6.07) is 0. The molecule has 0 bridgehead atoms. The molecule has 1 unspecified atom stereocenters. The quantitative estimate of drug-likeness (QED) is 0.441. The summed E-state index contributed by atoms with van der Waals surface area (Å²) < 4.78 is 4.86. The van der Waals surface area contributed by atoms with Crippen molar-refractivity contribution in [2.24, 2.45) is 0 Å². The molecule has 0 aromatic rings. The number of nitrogens with zero attached hydrogens (tertiary/aromatic N) is 1. The molecular weight excluding hydrogens is 134 g/mol. The van der Waals surface area contributed by atoms with Crippen LogP contribution in [0.2, 0.25) is 0 Å². The summed E-state index contributed by atoms with van der Waals surface area (Å²) >= 11 is 0. The van der Waals surface area contributed by atoms with Crippen LogP contribution in [0.25, 0.3) is 0 Å². The van der Waals surface area contributed by atoms with E-state index in [0.717, 1.165) is 12.6 Å². The smallest absolute Gasteiger partial charge is 0.233 e. The summed E-state index contributed by atoms with van der Waals surface area (Å²) in [5, 5.41) is 9.80. The normalized spacial score (nSPS) is 13.8. The third-order valence-electron chi connectivity index (χ3n) is 1.13. The third kappa shape index (κ3) is 4.03. The first-order chi connectivity index (χ1) is 4.70. The fourth-order valence-electron chi connectivity index (χ4n) is 0.548. The number of methoxy groups -OCH3 is 1. The number of hydrogen-bond donors (Lipinski definition) is 0. The number of nitro groups is 1. The minimum atomic E-state index is -0.498. The highest BCUT2D eigenvalue weighted by Gasteiger charge is 1.98. The van der Waals surface area contributed by atoms with Gasteiger partial charge in [0, 0.05) is 13.2 Å². The maximum atomic E-state index is 9.80. The molecular formula is C6H11NO3. The fourth-order valence-corrected chi connectivity index (χ4v) is 0.548. The summed E-state index contributed by atoms with van der Waals surface area (Å²) in [6.45, 7) is 1.90. The van der Waals surface area contributed by atoms with Gasteiger partial charge in [-0.05, 0) is 6.42 Å². The average molecular weight is 145 g/mol. The van der Waals surface area contributed by atoms with E-state index in [1.807, 2.05) is 6.92 Å². The van der Waals surface area contributed by atoms with Gasteiger partial charge in [0.1, 0.15) is 0 Å². The summed E-state index contributed by atoms with van der Waals surface area (Å²) in [4.78, 5) is 9.30. The summed E-state index contributed by atoms with van der Waals surface area (Å²) in [5.41, 5.74) is 0. The lowest BCUT2D eigenvalue weighted by Crippen LogP contribution is -2.04. The molecule has 0 aliphatic carbocycles. The molecule has 10 heavy (non-hydrogen) atoms. The largest absolute Gasteiger partial charge is 0.377 e. The monoisotopic (exact) mass is 145 g/mol. The molecule has 0 amide bonds. The van der Waals surface area contributed by atoms with Gasteiger partial charge in [0.05, 0.1) is 11.0 Å². The second-order valence-corrected chi connectivity index (χ2v) is 1.81. The molecule has 0 N–H and O–H groups in total. The zero-order valence-electron chi connectivity index (χ0n) is 6.11. The van der Waals surface area contributed by atoms with Crippen LogP contribution >= 0.6 is 0 Å². The Bertz CT molecular complexity index is 129. The Labute approximate surface area is 59.6 Å². The van der Waals surface area contributed by atoms with Gasteiger partial charge in [-0.25, -0.2) is 0 Å². The number of hydrogen-bond acceptors (Lipinski definition) is 3. The van der Waals surface area contributed by atoms with Crippen LogP contribution in [0.15, 0.2) is 12.3 Å². The number of rotatable bonds is 4. The predicted octanol–water partition coefficient (Wildman–Crippen LogP) is 1.20. The van der Waals surface area contributed by atoms with Gasteiger partial charge in [0.25, 0.3) is 0 Å². The third-order valence-corrected chi connectivity index (χ3v) is 1.13. The van der Waals surface area contributed by atoms with E-state index in [0.29, 0.717) is 0 Å². The van der Waals surface area contributed by atoms with Crippen LogP contribution in [0.4, 0.5) is 0 Å². The van der Waals surface area contributed by atoms with Crippen LogP contribution in [0.5, 0.6) is 0 Å². The Balaban J connectivity index is 3.72. The molecule has 0 aliphatic rings. The van der Waals surface area contributed by atoms with Crippen molar-refractivity contribution >= 4 is 0 Å². The maximum Gasteiger partial charge on any atom is 0.233 e. The first-order valence-electron chi connectivity index (χ1n) is 3.05. The molecule has 0 aromatic heterocycles. The van der Waals surface area contributed by atoms with Crippen molar-refractivity contribution in [3.63, 3.8) is 0 Å². The van der Waals surface area contributed by atoms with Crippen LogP contribution in [-0.2, 0) is 4.74 Å². The molecule has 0 saturated carbocycles. The Morgan fingerprint density at radius 2 is 2.40 bits per heavy atom. The highest BCUT2D eigenvalue weighted by atomic mass is 16.6. The maximum absolute atomic E-state index is 9.80. The summed E-state index contributed by atoms with van der Waals surface area (Å²) in [5.74, 6) is 0. The van der Waals surface area contributed by atoms with E-state index in [1.165, 1.54) is 13.2 Å². The van der Waals surface area contributed by atoms with Gasteiger partial charge >= 0.3 is 0 Å². The van der Waals surface area contributed by atoms with E-state index in [1.54, 1.807) is 0 Å². The van der Waals surface area contributed by atoms with Crippen LogP contribution in [0.3, 0.4) is 0 Å². The zero-order chi connectivity index (χ0) is 7.98. The van der Waals surface area contributed by atoms with Crippen molar-refractivity contribution in [1.29, 1.82) is 0 Å². The van der Waals surface area contributed by atoms with Crippen molar-refractivity contribution in [2.45, 2.75) is 19.4 Å². The average Bonchev–Trinajstić information content (AvgIpc) is 1.90. The van der Waals surface area contributed by atoms with E-state index in [4.69, 9.17) is 4.74 Å². The Kier molecular flexibility index (Phi) is 4.49. The van der Waals surface area contributed by atoms with Gasteiger partial charge in [-0.2, -0.15) is 0 Å². The minimum absolute atomic E-state index is 0.134. The second-order valence-electron chi connectivity index (χ2n) is 1.81. The summed E-state index contributed by atoms with van der Waals surface area (Å²) in [6.07, 6.45) is 2.95. The van der Waals surface area contributed by atoms with Gasteiger partial charge in [-0.3, -0.25) is 10.1 Å². The van der Waals surface area contributed by atoms with Crippen molar-refractivity contribution in [3.8, 4) is 0 Å².